The van der Waals surface area contributed by atoms with Crippen LogP contribution >= 0.6 is 0 Å². The van der Waals surface area contributed by atoms with Crippen molar-refractivity contribution in [3.8, 4) is 11.5 Å². The molecule has 0 spiro atoms. The fraction of sp³-hybridized carbons (Fsp3) is 0.628. The number of hydrogen-bond acceptors (Lipinski definition) is 10. The van der Waals surface area contributed by atoms with Crippen LogP contribution in [0.15, 0.2) is 54.2 Å². The van der Waals surface area contributed by atoms with Crippen molar-refractivity contribution in [1.82, 2.24) is 4.90 Å². The molecule has 7 atom stereocenters. The minimum atomic E-state index is -2.41. The molecule has 2 saturated heterocycles. The van der Waals surface area contributed by atoms with Gasteiger partial charge in [0.15, 0.2) is 17.3 Å². The summed E-state index contributed by atoms with van der Waals surface area (Å²) in [4.78, 5) is 54.2. The van der Waals surface area contributed by atoms with Gasteiger partial charge >= 0.3 is 5.97 Å². The predicted molar refractivity (Wildman–Crippen MR) is 209 cm³/mol. The number of amides is 1. The Morgan fingerprint density at radius 1 is 1.02 bits per heavy atom. The third-order valence-electron chi connectivity index (χ3n) is 11.2. The van der Waals surface area contributed by atoms with Crippen LogP contribution in [0.5, 0.6) is 11.5 Å². The summed E-state index contributed by atoms with van der Waals surface area (Å²) in [6.45, 7) is 7.78. The number of carbonyl (C=O) groups is 4. The number of ether oxygens (including phenoxy) is 5. The largest absolute Gasteiger partial charge is 0.493 e. The molecule has 0 aliphatic carbocycles. The van der Waals surface area contributed by atoms with Crippen molar-refractivity contribution in [3.63, 3.8) is 0 Å². The normalized spacial score (nSPS) is 25.1. The van der Waals surface area contributed by atoms with Crippen LogP contribution in [0, 0.1) is 17.8 Å². The highest BCUT2D eigenvalue weighted by atomic mass is 16.6. The summed E-state index contributed by atoms with van der Waals surface area (Å²) in [5, 5.41) is 22.4. The Kier molecular flexibility index (Phi) is 17.8. The summed E-state index contributed by atoms with van der Waals surface area (Å²) in [5.74, 6) is -5.08. The number of benzene rings is 1. The van der Waals surface area contributed by atoms with Gasteiger partial charge in [-0.2, -0.15) is 0 Å². The topological polar surface area (TPSA) is 158 Å². The lowest BCUT2D eigenvalue weighted by Gasteiger charge is -2.46. The summed E-state index contributed by atoms with van der Waals surface area (Å²) in [7, 11) is 6.20. The van der Waals surface area contributed by atoms with Crippen LogP contribution in [0.1, 0.15) is 91.0 Å². The van der Waals surface area contributed by atoms with Crippen molar-refractivity contribution in [2.45, 2.75) is 115 Å². The quantitative estimate of drug-likeness (QED) is 0.107. The number of nitrogens with zero attached hydrogens (tertiary/aromatic N) is 1. The Hall–Kier alpha value is -3.84. The lowest BCUT2D eigenvalue weighted by molar-refractivity contribution is -0.266. The molecule has 1 aromatic carbocycles. The molecule has 2 N–H and O–H groups in total. The number of carboxylic acid groups (broad SMARTS) is 1. The molecule has 12 heteroatoms. The molecule has 0 saturated carbocycles. The molecule has 2 aliphatic rings. The number of carbonyl (C=O) groups excluding carboxylic acids is 3. The number of aliphatic carboxylic acids is 1. The maximum Gasteiger partial charge on any atom is 0.329 e. The maximum absolute atomic E-state index is 14.0. The van der Waals surface area contributed by atoms with E-state index < -0.39 is 41.0 Å². The highest BCUT2D eigenvalue weighted by molar-refractivity contribution is 6.39. The Morgan fingerprint density at radius 3 is 2.40 bits per heavy atom. The molecular formula is C43H63NO11. The van der Waals surface area contributed by atoms with Crippen LogP contribution < -0.4 is 9.47 Å². The Labute approximate surface area is 326 Å². The molecule has 1 amide bonds. The van der Waals surface area contributed by atoms with Gasteiger partial charge in [-0.15, -0.1) is 0 Å². The second-order valence-electron chi connectivity index (χ2n) is 15.2. The molecular weight excluding hydrogens is 706 g/mol. The van der Waals surface area contributed by atoms with Crippen molar-refractivity contribution in [3.05, 3.63) is 59.7 Å². The summed E-state index contributed by atoms with van der Waals surface area (Å²) in [6, 6.07) is 5.52. The molecule has 1 unspecified atom stereocenters. The first-order chi connectivity index (χ1) is 26.2. The Morgan fingerprint density at radius 2 is 1.75 bits per heavy atom. The van der Waals surface area contributed by atoms with Crippen molar-refractivity contribution in [1.29, 1.82) is 0 Å². The van der Waals surface area contributed by atoms with E-state index in [0.717, 1.165) is 17.6 Å². The monoisotopic (exact) mass is 769 g/mol. The van der Waals surface area contributed by atoms with Crippen molar-refractivity contribution >= 4 is 23.4 Å². The fourth-order valence-corrected chi connectivity index (χ4v) is 7.71. The zero-order valence-corrected chi connectivity index (χ0v) is 34.0. The number of allylic oxidation sites excluding steroid dienone is 5. The van der Waals surface area contributed by atoms with E-state index in [9.17, 15) is 29.4 Å². The molecule has 55 heavy (non-hydrogen) atoms. The van der Waals surface area contributed by atoms with Gasteiger partial charge in [0.1, 0.15) is 12.1 Å². The Bertz CT molecular complexity index is 1550. The molecule has 0 aromatic heterocycles. The number of likely N-dealkylation sites (tertiary alicyclic amines) is 1. The molecule has 2 aliphatic heterocycles. The zero-order chi connectivity index (χ0) is 40.8. The highest BCUT2D eigenvalue weighted by Gasteiger charge is 2.56. The van der Waals surface area contributed by atoms with Crippen molar-refractivity contribution in [2.24, 2.45) is 17.8 Å². The number of ketones is 2. The maximum atomic E-state index is 14.0. The van der Waals surface area contributed by atoms with E-state index in [2.05, 4.69) is 6.92 Å². The van der Waals surface area contributed by atoms with Gasteiger partial charge in [0.2, 0.25) is 5.79 Å². The first-order valence-electron chi connectivity index (χ1n) is 19.4. The minimum absolute atomic E-state index is 0.0839. The highest BCUT2D eigenvalue weighted by Crippen LogP contribution is 2.39. The number of piperidine rings is 1. The van der Waals surface area contributed by atoms with Gasteiger partial charge in [-0.25, -0.2) is 4.79 Å². The van der Waals surface area contributed by atoms with Crippen LogP contribution in [-0.2, 0) is 39.8 Å². The fourth-order valence-electron chi connectivity index (χ4n) is 7.71. The van der Waals surface area contributed by atoms with E-state index in [1.165, 1.54) is 12.0 Å². The second kappa shape index (κ2) is 21.5. The van der Waals surface area contributed by atoms with Gasteiger partial charge in [-0.1, -0.05) is 57.2 Å². The molecule has 12 nitrogen and oxygen atoms in total. The molecule has 2 fully saturated rings. The number of methoxy groups -OCH3 is 4. The molecule has 0 bridgehead atoms. The standard InChI is InChI=1S/C43H63NO11/c1-29(25-31(3)35(45)28-51-5)15-10-9-11-16-30(2)37(53-7)27-34-20-18-32(4)43(50,55-34)39(46)40(47)44-24-13-12-22-42(44,41(48)49)23-14-17-33-19-21-36(52-6)38(26-33)54-8/h9-11,15-16,19,21,26,29,31-32,34,37,50H,12-14,17-18,20,22-25,27-28H2,1-8H3,(H,48,49)/t29-,31-,32-,34+,37+,42?,43-/m1/s1. The number of Topliss-reactive ketones (excluding diaryl/α,β-unsaturated/α-hetero) is 2. The van der Waals surface area contributed by atoms with Crippen LogP contribution in [0.4, 0.5) is 0 Å². The first-order valence-corrected chi connectivity index (χ1v) is 19.4. The third kappa shape index (κ3) is 11.8. The SMILES string of the molecule is COCC(=O)[C@H](C)C[C@H](C)C=CC=CC=C(C)[C@H](C[C@@H]1CC[C@@H](C)[C@](O)(C(=O)C(=O)N2CCCCC2(CCCc2ccc(OC)c(OC)c2)C(=O)O)O1)OC. The van der Waals surface area contributed by atoms with Crippen molar-refractivity contribution < 1.29 is 53.1 Å². The van der Waals surface area contributed by atoms with Gasteiger partial charge in [-0.05, 0) is 93.9 Å². The minimum Gasteiger partial charge on any atom is -0.493 e. The predicted octanol–water partition coefficient (Wildman–Crippen LogP) is 6.28. The summed E-state index contributed by atoms with van der Waals surface area (Å²) < 4.78 is 27.6. The molecule has 0 radical (unpaired) electrons. The number of carboxylic acids is 1. The number of aryl methyl sites for hydroxylation is 1. The van der Waals surface area contributed by atoms with Gasteiger partial charge in [0.25, 0.3) is 11.7 Å². The molecule has 3 rings (SSSR count). The van der Waals surface area contributed by atoms with E-state index >= 15 is 0 Å². The van der Waals surface area contributed by atoms with Crippen LogP contribution in [0.3, 0.4) is 0 Å². The van der Waals surface area contributed by atoms with E-state index in [1.54, 1.807) is 34.3 Å². The van der Waals surface area contributed by atoms with Crippen LogP contribution in [0.2, 0.25) is 0 Å². The van der Waals surface area contributed by atoms with Crippen molar-refractivity contribution in [2.75, 3.05) is 41.6 Å². The molecule has 2 heterocycles. The average Bonchev–Trinajstić information content (AvgIpc) is 3.17. The third-order valence-corrected chi connectivity index (χ3v) is 11.2. The lowest BCUT2D eigenvalue weighted by Crippen LogP contribution is -2.65. The number of hydrogen-bond donors (Lipinski definition) is 2. The second-order valence-corrected chi connectivity index (χ2v) is 15.2. The average molecular weight is 770 g/mol. The van der Waals surface area contributed by atoms with Gasteiger partial charge in [0, 0.05) is 39.0 Å². The smallest absolute Gasteiger partial charge is 0.329 e. The lowest BCUT2D eigenvalue weighted by atomic mass is 9.80. The molecule has 306 valence electrons. The summed E-state index contributed by atoms with van der Waals surface area (Å²) in [6.07, 6.45) is 13.2. The number of rotatable bonds is 21. The first kappa shape index (κ1) is 45.5. The van der Waals surface area contributed by atoms with Crippen LogP contribution in [-0.4, -0.2) is 104 Å². The van der Waals surface area contributed by atoms with E-state index in [0.29, 0.717) is 56.4 Å². The van der Waals surface area contributed by atoms with Crippen LogP contribution in [0.25, 0.3) is 0 Å². The summed E-state index contributed by atoms with van der Waals surface area (Å²) in [5.41, 5.74) is 0.226. The zero-order valence-electron chi connectivity index (χ0n) is 34.0. The van der Waals surface area contributed by atoms with E-state index in [-0.39, 0.29) is 49.7 Å². The molecule has 1 aromatic rings. The van der Waals surface area contributed by atoms with E-state index in [1.807, 2.05) is 56.4 Å². The Balaban J connectivity index is 1.68. The van der Waals surface area contributed by atoms with Gasteiger partial charge in [0.05, 0.1) is 26.4 Å². The summed E-state index contributed by atoms with van der Waals surface area (Å²) >= 11 is 0. The van der Waals surface area contributed by atoms with Gasteiger partial charge in [-0.3, -0.25) is 14.4 Å². The van der Waals surface area contributed by atoms with Gasteiger partial charge < -0.3 is 38.8 Å². The number of aliphatic hydroxyl groups is 1. The van der Waals surface area contributed by atoms with E-state index in [4.69, 9.17) is 23.7 Å².